The lowest BCUT2D eigenvalue weighted by Gasteiger charge is -2.12. The van der Waals surface area contributed by atoms with Crippen LogP contribution in [-0.2, 0) is 6.54 Å². The van der Waals surface area contributed by atoms with Crippen LogP contribution in [0.2, 0.25) is 5.02 Å². The van der Waals surface area contributed by atoms with Gasteiger partial charge in [-0.25, -0.2) is 4.79 Å². The summed E-state index contributed by atoms with van der Waals surface area (Å²) in [5, 5.41) is 10.9. The van der Waals surface area contributed by atoms with E-state index in [9.17, 15) is 14.7 Å². The predicted molar refractivity (Wildman–Crippen MR) is 99.5 cm³/mol. The Morgan fingerprint density at radius 1 is 1.15 bits per heavy atom. The lowest BCUT2D eigenvalue weighted by Crippen LogP contribution is -2.25. The Morgan fingerprint density at radius 3 is 2.46 bits per heavy atom. The number of aromatic hydroxyl groups is 1. The summed E-state index contributed by atoms with van der Waals surface area (Å²) in [5.74, 6) is -1.36. The first-order chi connectivity index (χ1) is 12.5. The first-order valence-electron chi connectivity index (χ1n) is 7.53. The third-order valence-electron chi connectivity index (χ3n) is 3.58. The zero-order valence-corrected chi connectivity index (χ0v) is 14.9. The van der Waals surface area contributed by atoms with Gasteiger partial charge in [0.1, 0.15) is 5.75 Å². The molecule has 0 saturated heterocycles. The fraction of sp³-hybridized carbons (Fsp3) is 0.0556. The van der Waals surface area contributed by atoms with Crippen LogP contribution in [0.1, 0.15) is 15.9 Å². The van der Waals surface area contributed by atoms with Gasteiger partial charge in [0.2, 0.25) is 5.88 Å². The number of hydrogen-bond acceptors (Lipinski definition) is 5. The molecule has 2 aromatic carbocycles. The lowest BCUT2D eigenvalue weighted by molar-refractivity contribution is 0.0727. The van der Waals surface area contributed by atoms with Gasteiger partial charge < -0.3 is 9.84 Å². The molecule has 3 rings (SSSR count). The number of rotatable bonds is 4. The second-order valence-corrected chi connectivity index (χ2v) is 6.20. The number of carbonyl (C=O) groups is 1. The first kappa shape index (κ1) is 17.9. The largest absolute Gasteiger partial charge is 0.494 e. The highest BCUT2D eigenvalue weighted by Crippen LogP contribution is 2.20. The van der Waals surface area contributed by atoms with Crippen molar-refractivity contribution in [3.63, 3.8) is 0 Å². The van der Waals surface area contributed by atoms with Gasteiger partial charge in [-0.05, 0) is 42.0 Å². The minimum atomic E-state index is -0.997. The molecule has 6 nitrogen and oxygen atoms in total. The molecule has 0 spiro atoms. The van der Waals surface area contributed by atoms with E-state index in [2.05, 4.69) is 4.98 Å². The van der Waals surface area contributed by atoms with Gasteiger partial charge >= 0.3 is 5.97 Å². The Balaban J connectivity index is 1.97. The second kappa shape index (κ2) is 7.55. The standard InChI is InChI=1S/C18H13ClN2O4S/c19-12-6-8-13(9-7-12)25-17(24)14-15(22)20-18(26)21(16(14)23)10-11-4-2-1-3-5-11/h1-9,23H,10H2,(H,20,22,26). The molecule has 1 aromatic heterocycles. The molecular weight excluding hydrogens is 376 g/mol. The summed E-state index contributed by atoms with van der Waals surface area (Å²) in [7, 11) is 0. The van der Waals surface area contributed by atoms with Crippen LogP contribution in [0.5, 0.6) is 11.6 Å². The predicted octanol–water partition coefficient (Wildman–Crippen LogP) is 3.53. The second-order valence-electron chi connectivity index (χ2n) is 5.37. The molecule has 0 radical (unpaired) electrons. The topological polar surface area (TPSA) is 84.3 Å². The van der Waals surface area contributed by atoms with Crippen molar-refractivity contribution in [3.8, 4) is 11.6 Å². The van der Waals surface area contributed by atoms with Crippen LogP contribution in [0, 0.1) is 4.77 Å². The van der Waals surface area contributed by atoms with Crippen LogP contribution in [-0.4, -0.2) is 20.6 Å². The maximum Gasteiger partial charge on any atom is 0.354 e. The van der Waals surface area contributed by atoms with Gasteiger partial charge in [-0.1, -0.05) is 41.9 Å². The molecule has 26 heavy (non-hydrogen) atoms. The minimum absolute atomic E-state index is 0.000559. The van der Waals surface area contributed by atoms with E-state index in [-0.39, 0.29) is 17.1 Å². The SMILES string of the molecule is O=C(Oc1ccc(Cl)cc1)c1c(O)n(Cc2ccccc2)c(=S)[nH]c1=O. The van der Waals surface area contributed by atoms with Gasteiger partial charge in [-0.15, -0.1) is 0 Å². The third-order valence-corrected chi connectivity index (χ3v) is 4.16. The number of halogens is 1. The van der Waals surface area contributed by atoms with E-state index in [0.717, 1.165) is 5.56 Å². The van der Waals surface area contributed by atoms with E-state index in [0.29, 0.717) is 5.02 Å². The highest BCUT2D eigenvalue weighted by Gasteiger charge is 2.22. The monoisotopic (exact) mass is 388 g/mol. The molecule has 0 saturated carbocycles. The highest BCUT2D eigenvalue weighted by molar-refractivity contribution is 7.71. The summed E-state index contributed by atoms with van der Waals surface area (Å²) in [6, 6.07) is 15.2. The van der Waals surface area contributed by atoms with E-state index >= 15 is 0 Å². The van der Waals surface area contributed by atoms with Crippen molar-refractivity contribution in [1.82, 2.24) is 9.55 Å². The zero-order valence-electron chi connectivity index (χ0n) is 13.3. The average Bonchev–Trinajstić information content (AvgIpc) is 2.61. The zero-order chi connectivity index (χ0) is 18.7. The van der Waals surface area contributed by atoms with Crippen LogP contribution in [0.15, 0.2) is 59.4 Å². The number of esters is 1. The van der Waals surface area contributed by atoms with E-state index in [4.69, 9.17) is 28.6 Å². The Hall–Kier alpha value is -2.90. The maximum absolute atomic E-state index is 12.4. The first-order valence-corrected chi connectivity index (χ1v) is 8.32. The molecule has 0 aliphatic carbocycles. The number of benzene rings is 2. The number of aromatic amines is 1. The molecule has 0 aliphatic rings. The normalized spacial score (nSPS) is 10.5. The summed E-state index contributed by atoms with van der Waals surface area (Å²) >= 11 is 10.9. The van der Waals surface area contributed by atoms with Gasteiger partial charge in [0, 0.05) is 5.02 Å². The number of H-pyrrole nitrogens is 1. The molecule has 0 aliphatic heterocycles. The molecule has 132 valence electrons. The number of aromatic nitrogens is 2. The highest BCUT2D eigenvalue weighted by atomic mass is 35.5. The average molecular weight is 389 g/mol. The summed E-state index contributed by atoms with van der Waals surface area (Å²) in [4.78, 5) is 26.9. The van der Waals surface area contributed by atoms with Crippen LogP contribution in [0.3, 0.4) is 0 Å². The van der Waals surface area contributed by atoms with Gasteiger partial charge in [0.25, 0.3) is 5.56 Å². The van der Waals surface area contributed by atoms with Gasteiger partial charge in [-0.3, -0.25) is 14.3 Å². The van der Waals surface area contributed by atoms with E-state index in [1.54, 1.807) is 0 Å². The van der Waals surface area contributed by atoms with Crippen molar-refractivity contribution in [2.75, 3.05) is 0 Å². The summed E-state index contributed by atoms with van der Waals surface area (Å²) in [6.45, 7) is 0.184. The number of nitrogens with zero attached hydrogens (tertiary/aromatic N) is 1. The molecule has 0 unspecified atom stereocenters. The van der Waals surface area contributed by atoms with E-state index in [1.165, 1.54) is 28.8 Å². The van der Waals surface area contributed by atoms with Crippen LogP contribution >= 0.6 is 23.8 Å². The fourth-order valence-electron chi connectivity index (χ4n) is 2.32. The van der Waals surface area contributed by atoms with Crippen molar-refractivity contribution < 1.29 is 14.6 Å². The van der Waals surface area contributed by atoms with Crippen molar-refractivity contribution in [3.05, 3.63) is 85.9 Å². The van der Waals surface area contributed by atoms with Gasteiger partial charge in [0.15, 0.2) is 10.3 Å². The molecule has 0 atom stereocenters. The molecule has 8 heteroatoms. The summed E-state index contributed by atoms with van der Waals surface area (Å²) in [6.07, 6.45) is 0. The maximum atomic E-state index is 12.4. The number of ether oxygens (including phenoxy) is 1. The Morgan fingerprint density at radius 2 is 1.81 bits per heavy atom. The van der Waals surface area contributed by atoms with E-state index in [1.807, 2.05) is 30.3 Å². The van der Waals surface area contributed by atoms with Crippen molar-refractivity contribution in [1.29, 1.82) is 0 Å². The summed E-state index contributed by atoms with van der Waals surface area (Å²) < 4.78 is 6.39. The van der Waals surface area contributed by atoms with Crippen LogP contribution in [0.4, 0.5) is 0 Å². The van der Waals surface area contributed by atoms with Gasteiger partial charge in [0.05, 0.1) is 6.54 Å². The number of hydrogen-bond donors (Lipinski definition) is 2. The minimum Gasteiger partial charge on any atom is -0.494 e. The third kappa shape index (κ3) is 3.84. The Bertz CT molecular complexity index is 1060. The van der Waals surface area contributed by atoms with Crippen molar-refractivity contribution >= 4 is 29.8 Å². The fourth-order valence-corrected chi connectivity index (χ4v) is 2.69. The molecule has 0 amide bonds. The summed E-state index contributed by atoms with van der Waals surface area (Å²) in [5.41, 5.74) is -0.511. The molecule has 0 fully saturated rings. The smallest absolute Gasteiger partial charge is 0.354 e. The van der Waals surface area contributed by atoms with E-state index < -0.39 is 23.0 Å². The molecule has 2 N–H and O–H groups in total. The van der Waals surface area contributed by atoms with Crippen molar-refractivity contribution in [2.24, 2.45) is 0 Å². The van der Waals surface area contributed by atoms with Crippen LogP contribution in [0.25, 0.3) is 0 Å². The Kier molecular flexibility index (Phi) is 5.20. The van der Waals surface area contributed by atoms with Crippen molar-refractivity contribution in [2.45, 2.75) is 6.54 Å². The van der Waals surface area contributed by atoms with Crippen LogP contribution < -0.4 is 10.3 Å². The number of nitrogens with one attached hydrogen (secondary N) is 1. The molecule has 1 heterocycles. The quantitative estimate of drug-likeness (QED) is 0.406. The van der Waals surface area contributed by atoms with Gasteiger partial charge in [-0.2, -0.15) is 0 Å². The molecule has 3 aromatic rings. The lowest BCUT2D eigenvalue weighted by atomic mass is 10.2. The Labute approximate surface area is 158 Å². The number of carbonyl (C=O) groups excluding carboxylic acids is 1. The molecular formula is C18H13ClN2O4S. The molecule has 0 bridgehead atoms.